The molecule has 1 amide bonds. The Morgan fingerprint density at radius 1 is 1.25 bits per heavy atom. The van der Waals surface area contributed by atoms with E-state index in [1.165, 1.54) is 5.56 Å². The fourth-order valence-electron chi connectivity index (χ4n) is 2.79. The van der Waals surface area contributed by atoms with Gasteiger partial charge < -0.3 is 5.73 Å². The van der Waals surface area contributed by atoms with Crippen molar-refractivity contribution in [2.75, 3.05) is 19.6 Å². The van der Waals surface area contributed by atoms with Crippen molar-refractivity contribution in [1.29, 1.82) is 0 Å². The summed E-state index contributed by atoms with van der Waals surface area (Å²) in [6, 6.07) is 5.91. The summed E-state index contributed by atoms with van der Waals surface area (Å²) in [6.07, 6.45) is 1.52. The van der Waals surface area contributed by atoms with E-state index in [0.717, 1.165) is 37.1 Å². The summed E-state index contributed by atoms with van der Waals surface area (Å²) in [4.78, 5) is 25.6. The van der Waals surface area contributed by atoms with Gasteiger partial charge in [-0.2, -0.15) is 0 Å². The molecule has 0 saturated carbocycles. The molecule has 0 unspecified atom stereocenters. The van der Waals surface area contributed by atoms with E-state index in [0.29, 0.717) is 6.54 Å². The average Bonchev–Trinajstić information content (AvgIpc) is 2.39. The van der Waals surface area contributed by atoms with Gasteiger partial charge in [-0.15, -0.1) is 0 Å². The molecule has 1 aromatic rings. The van der Waals surface area contributed by atoms with E-state index < -0.39 is 0 Å². The zero-order chi connectivity index (χ0) is 14.7. The first-order chi connectivity index (χ1) is 9.47. The van der Waals surface area contributed by atoms with Crippen LogP contribution in [0, 0.1) is 19.8 Å². The maximum Gasteiger partial charge on any atom is 0.220 e. The van der Waals surface area contributed by atoms with Gasteiger partial charge in [-0.1, -0.05) is 23.8 Å². The third kappa shape index (κ3) is 3.45. The Labute approximate surface area is 119 Å². The molecule has 1 heterocycles. The minimum absolute atomic E-state index is 0.0255. The molecule has 108 valence electrons. The number of nitrogens with zero attached hydrogens (tertiary/aromatic N) is 1. The monoisotopic (exact) mass is 274 g/mol. The van der Waals surface area contributed by atoms with Crippen LogP contribution in [0.15, 0.2) is 18.2 Å². The van der Waals surface area contributed by atoms with E-state index >= 15 is 0 Å². The molecule has 0 spiro atoms. The molecule has 20 heavy (non-hydrogen) atoms. The number of piperidine rings is 1. The van der Waals surface area contributed by atoms with Crippen molar-refractivity contribution in [2.45, 2.75) is 26.7 Å². The third-order valence-electron chi connectivity index (χ3n) is 4.04. The van der Waals surface area contributed by atoms with Crippen molar-refractivity contribution in [2.24, 2.45) is 11.7 Å². The van der Waals surface area contributed by atoms with Crippen LogP contribution in [0.5, 0.6) is 0 Å². The minimum atomic E-state index is -0.217. The maximum atomic E-state index is 12.3. The molecular formula is C16H22N2O2. The smallest absolute Gasteiger partial charge is 0.220 e. The van der Waals surface area contributed by atoms with E-state index in [-0.39, 0.29) is 17.6 Å². The summed E-state index contributed by atoms with van der Waals surface area (Å²) in [5, 5.41) is 0. The number of carbonyl (C=O) groups excluding carboxylic acids is 2. The average molecular weight is 274 g/mol. The second kappa shape index (κ2) is 6.18. The van der Waals surface area contributed by atoms with Gasteiger partial charge in [-0.05, 0) is 45.3 Å². The number of likely N-dealkylation sites (tertiary alicyclic amines) is 1. The standard InChI is InChI=1S/C16H22N2O2/c1-11-3-4-14(12(2)9-11)15(19)10-18-7-5-13(6-8-18)16(17)20/h3-4,9,13H,5-8,10H2,1-2H3,(H2,17,20). The molecule has 1 aromatic carbocycles. The molecule has 0 atom stereocenters. The zero-order valence-electron chi connectivity index (χ0n) is 12.2. The summed E-state index contributed by atoms with van der Waals surface area (Å²) in [6.45, 7) is 5.96. The van der Waals surface area contributed by atoms with Gasteiger partial charge in [0.05, 0.1) is 6.54 Å². The van der Waals surface area contributed by atoms with Gasteiger partial charge in [-0.25, -0.2) is 0 Å². The molecule has 0 aromatic heterocycles. The lowest BCUT2D eigenvalue weighted by atomic mass is 9.95. The molecule has 1 aliphatic heterocycles. The Morgan fingerprint density at radius 3 is 2.45 bits per heavy atom. The Morgan fingerprint density at radius 2 is 1.90 bits per heavy atom. The van der Waals surface area contributed by atoms with Crippen LogP contribution in [0.3, 0.4) is 0 Å². The highest BCUT2D eigenvalue weighted by atomic mass is 16.1. The number of nitrogens with two attached hydrogens (primary N) is 1. The van der Waals surface area contributed by atoms with Gasteiger partial charge in [0.15, 0.2) is 5.78 Å². The fraction of sp³-hybridized carbons (Fsp3) is 0.500. The molecule has 1 saturated heterocycles. The number of primary amides is 1. The first kappa shape index (κ1) is 14.7. The molecule has 4 heteroatoms. The molecule has 1 fully saturated rings. The Hall–Kier alpha value is -1.68. The van der Waals surface area contributed by atoms with Gasteiger partial charge >= 0.3 is 0 Å². The summed E-state index contributed by atoms with van der Waals surface area (Å²) >= 11 is 0. The van der Waals surface area contributed by atoms with Gasteiger partial charge in [0.1, 0.15) is 0 Å². The van der Waals surface area contributed by atoms with Gasteiger partial charge in [0.2, 0.25) is 5.91 Å². The molecule has 0 radical (unpaired) electrons. The van der Waals surface area contributed by atoms with E-state index in [9.17, 15) is 9.59 Å². The number of ketones is 1. The second-order valence-corrected chi connectivity index (χ2v) is 5.69. The lowest BCUT2D eigenvalue weighted by Gasteiger charge is -2.29. The Kier molecular flexibility index (Phi) is 4.55. The van der Waals surface area contributed by atoms with Crippen LogP contribution in [0.2, 0.25) is 0 Å². The van der Waals surface area contributed by atoms with Crippen LogP contribution in [0.4, 0.5) is 0 Å². The molecule has 0 bridgehead atoms. The van der Waals surface area contributed by atoms with Crippen LogP contribution in [-0.2, 0) is 4.79 Å². The molecule has 1 aliphatic rings. The predicted octanol–water partition coefficient (Wildman–Crippen LogP) is 1.68. The van der Waals surface area contributed by atoms with Crippen molar-refractivity contribution in [3.8, 4) is 0 Å². The predicted molar refractivity (Wildman–Crippen MR) is 78.6 cm³/mol. The Balaban J connectivity index is 1.94. The summed E-state index contributed by atoms with van der Waals surface area (Å²) in [5.74, 6) is -0.0900. The number of aryl methyl sites for hydroxylation is 2. The van der Waals surface area contributed by atoms with Gasteiger partial charge in [-0.3, -0.25) is 14.5 Å². The maximum absolute atomic E-state index is 12.3. The van der Waals surface area contributed by atoms with Crippen LogP contribution >= 0.6 is 0 Å². The minimum Gasteiger partial charge on any atom is -0.369 e. The van der Waals surface area contributed by atoms with Crippen molar-refractivity contribution >= 4 is 11.7 Å². The van der Waals surface area contributed by atoms with E-state index in [4.69, 9.17) is 5.73 Å². The first-order valence-corrected chi connectivity index (χ1v) is 7.09. The SMILES string of the molecule is Cc1ccc(C(=O)CN2CCC(C(N)=O)CC2)c(C)c1. The van der Waals surface area contributed by atoms with E-state index in [1.807, 2.05) is 32.0 Å². The van der Waals surface area contributed by atoms with Gasteiger partial charge in [0.25, 0.3) is 0 Å². The number of hydrogen-bond acceptors (Lipinski definition) is 3. The number of amides is 1. The van der Waals surface area contributed by atoms with Crippen LogP contribution in [-0.4, -0.2) is 36.2 Å². The summed E-state index contributed by atoms with van der Waals surface area (Å²) in [5.41, 5.74) is 8.31. The quantitative estimate of drug-likeness (QED) is 0.850. The number of Topliss-reactive ketones (excluding diaryl/α,β-unsaturated/α-hetero) is 1. The zero-order valence-corrected chi connectivity index (χ0v) is 12.2. The fourth-order valence-corrected chi connectivity index (χ4v) is 2.79. The third-order valence-corrected chi connectivity index (χ3v) is 4.04. The number of rotatable bonds is 4. The van der Waals surface area contributed by atoms with Crippen LogP contribution < -0.4 is 5.73 Å². The molecule has 2 rings (SSSR count). The highest BCUT2D eigenvalue weighted by Crippen LogP contribution is 2.18. The first-order valence-electron chi connectivity index (χ1n) is 7.09. The van der Waals surface area contributed by atoms with Crippen LogP contribution in [0.1, 0.15) is 34.3 Å². The van der Waals surface area contributed by atoms with Crippen molar-refractivity contribution in [3.63, 3.8) is 0 Å². The molecule has 4 nitrogen and oxygen atoms in total. The Bertz CT molecular complexity index is 517. The number of benzene rings is 1. The number of carbonyl (C=O) groups is 2. The topological polar surface area (TPSA) is 63.4 Å². The van der Waals surface area contributed by atoms with Crippen molar-refractivity contribution in [1.82, 2.24) is 4.90 Å². The second-order valence-electron chi connectivity index (χ2n) is 5.69. The number of hydrogen-bond donors (Lipinski definition) is 1. The highest BCUT2D eigenvalue weighted by molar-refractivity contribution is 5.99. The lowest BCUT2D eigenvalue weighted by molar-refractivity contribution is -0.123. The summed E-state index contributed by atoms with van der Waals surface area (Å²) < 4.78 is 0. The highest BCUT2D eigenvalue weighted by Gasteiger charge is 2.24. The van der Waals surface area contributed by atoms with Gasteiger partial charge in [0, 0.05) is 11.5 Å². The van der Waals surface area contributed by atoms with Crippen molar-refractivity contribution < 1.29 is 9.59 Å². The summed E-state index contributed by atoms with van der Waals surface area (Å²) in [7, 11) is 0. The van der Waals surface area contributed by atoms with Crippen LogP contribution in [0.25, 0.3) is 0 Å². The van der Waals surface area contributed by atoms with E-state index in [2.05, 4.69) is 4.90 Å². The normalized spacial score (nSPS) is 17.1. The van der Waals surface area contributed by atoms with E-state index in [1.54, 1.807) is 0 Å². The largest absolute Gasteiger partial charge is 0.369 e. The molecule has 2 N–H and O–H groups in total. The van der Waals surface area contributed by atoms with Crippen molar-refractivity contribution in [3.05, 3.63) is 34.9 Å². The molecule has 0 aliphatic carbocycles. The lowest BCUT2D eigenvalue weighted by Crippen LogP contribution is -2.40. The molecular weight excluding hydrogens is 252 g/mol.